The van der Waals surface area contributed by atoms with E-state index in [1.165, 1.54) is 15.6 Å². The zero-order valence-corrected chi connectivity index (χ0v) is 10.5. The molecule has 0 atom stereocenters. The second kappa shape index (κ2) is 4.37. The van der Waals surface area contributed by atoms with Crippen LogP contribution < -0.4 is 4.90 Å². The molecule has 1 heterocycles. The minimum atomic E-state index is 0.934. The van der Waals surface area contributed by atoms with Crippen LogP contribution in [0.3, 0.4) is 0 Å². The fourth-order valence-electron chi connectivity index (χ4n) is 1.66. The number of thioether (sulfide) groups is 1. The quantitative estimate of drug-likeness (QED) is 0.566. The van der Waals surface area contributed by atoms with Gasteiger partial charge >= 0.3 is 0 Å². The number of hydrogen-bond acceptors (Lipinski definition) is 3. The van der Waals surface area contributed by atoms with Gasteiger partial charge in [-0.25, -0.2) is 0 Å². The molecule has 3 heteroatoms. The van der Waals surface area contributed by atoms with E-state index in [-0.39, 0.29) is 0 Å². The van der Waals surface area contributed by atoms with Crippen molar-refractivity contribution < 1.29 is 0 Å². The minimum absolute atomic E-state index is 0.934. The number of benzene rings is 1. The van der Waals surface area contributed by atoms with Crippen LogP contribution in [0.4, 0.5) is 5.69 Å². The highest BCUT2D eigenvalue weighted by atomic mass is 32.2. The Morgan fingerprint density at radius 2 is 2.20 bits per heavy atom. The lowest BCUT2D eigenvalue weighted by Gasteiger charge is -2.17. The van der Waals surface area contributed by atoms with Crippen LogP contribution in [0, 0.1) is 0 Å². The van der Waals surface area contributed by atoms with Crippen molar-refractivity contribution in [3.8, 4) is 0 Å². The summed E-state index contributed by atoms with van der Waals surface area (Å²) in [4.78, 5) is 4.56. The van der Waals surface area contributed by atoms with Gasteiger partial charge in [0, 0.05) is 16.3 Å². The molecule has 1 aromatic carbocycles. The number of fused-ring (bicyclic) bond motifs is 1. The van der Waals surface area contributed by atoms with Crippen molar-refractivity contribution in [2.45, 2.75) is 18.7 Å². The van der Waals surface area contributed by atoms with Crippen LogP contribution in [0.15, 0.2) is 40.3 Å². The molecule has 0 N–H and O–H groups in total. The van der Waals surface area contributed by atoms with Gasteiger partial charge in [0.15, 0.2) is 0 Å². The van der Waals surface area contributed by atoms with E-state index in [1.807, 2.05) is 6.92 Å². The summed E-state index contributed by atoms with van der Waals surface area (Å²) < 4.78 is 0. The Balaban J connectivity index is 2.41. The Morgan fingerprint density at radius 1 is 1.47 bits per heavy atom. The molecule has 0 unspecified atom stereocenters. The summed E-state index contributed by atoms with van der Waals surface area (Å²) in [6.45, 7) is 5.10. The lowest BCUT2D eigenvalue weighted by molar-refractivity contribution is 1.00. The third kappa shape index (κ3) is 2.08. The van der Waals surface area contributed by atoms with Crippen molar-refractivity contribution in [3.05, 3.63) is 35.4 Å². The van der Waals surface area contributed by atoms with Crippen molar-refractivity contribution in [3.63, 3.8) is 0 Å². The fourth-order valence-corrected chi connectivity index (χ4v) is 3.07. The van der Waals surface area contributed by atoms with Crippen LogP contribution in [-0.4, -0.2) is 11.4 Å². The van der Waals surface area contributed by atoms with Gasteiger partial charge in [-0.1, -0.05) is 36.1 Å². The molecule has 0 spiro atoms. The van der Waals surface area contributed by atoms with Gasteiger partial charge in [-0.15, -0.1) is 0 Å². The van der Waals surface area contributed by atoms with Gasteiger partial charge in [-0.05, 0) is 32.1 Å². The SMILES string of the molecule is CCN1/C(=C\C(C)=S)Sc2ccccc21. The second-order valence-electron chi connectivity index (χ2n) is 3.41. The number of para-hydroxylation sites is 1. The predicted octanol–water partition coefficient (Wildman–Crippen LogP) is 3.85. The maximum atomic E-state index is 5.13. The maximum Gasteiger partial charge on any atom is 0.0812 e. The summed E-state index contributed by atoms with van der Waals surface area (Å²) in [5.74, 6) is 0. The highest BCUT2D eigenvalue weighted by molar-refractivity contribution is 8.03. The molecule has 78 valence electrons. The zero-order valence-electron chi connectivity index (χ0n) is 8.86. The largest absolute Gasteiger partial charge is 0.335 e. The molecule has 0 aromatic heterocycles. The Hall–Kier alpha value is -0.800. The van der Waals surface area contributed by atoms with Gasteiger partial charge in [0.2, 0.25) is 0 Å². The molecule has 0 aliphatic carbocycles. The summed E-state index contributed by atoms with van der Waals surface area (Å²) in [7, 11) is 0. The second-order valence-corrected chi connectivity index (χ2v) is 5.11. The number of nitrogens with zero attached hydrogens (tertiary/aromatic N) is 1. The zero-order chi connectivity index (χ0) is 10.8. The topological polar surface area (TPSA) is 3.24 Å². The van der Waals surface area contributed by atoms with Crippen molar-refractivity contribution in [2.75, 3.05) is 11.4 Å². The molecule has 0 saturated carbocycles. The molecule has 2 rings (SSSR count). The van der Waals surface area contributed by atoms with Gasteiger partial charge in [-0.3, -0.25) is 0 Å². The standard InChI is InChI=1S/C12H13NS2/c1-3-13-10-6-4-5-7-11(10)15-12(13)8-9(2)14/h4-8H,3H2,1-2H3/b12-8+. The van der Waals surface area contributed by atoms with Gasteiger partial charge in [0.1, 0.15) is 0 Å². The Kier molecular flexibility index (Phi) is 3.12. The third-order valence-corrected chi connectivity index (χ3v) is 3.51. The van der Waals surface area contributed by atoms with Gasteiger partial charge in [0.25, 0.3) is 0 Å². The van der Waals surface area contributed by atoms with E-state index in [1.54, 1.807) is 11.8 Å². The number of anilines is 1. The van der Waals surface area contributed by atoms with E-state index in [9.17, 15) is 0 Å². The lowest BCUT2D eigenvalue weighted by atomic mass is 10.3. The number of hydrogen-bond donors (Lipinski definition) is 0. The van der Waals surface area contributed by atoms with Crippen molar-refractivity contribution >= 4 is 34.5 Å². The fraction of sp³-hybridized carbons (Fsp3) is 0.250. The van der Waals surface area contributed by atoms with Crippen LogP contribution in [0.5, 0.6) is 0 Å². The first kappa shape index (κ1) is 10.7. The average molecular weight is 235 g/mol. The van der Waals surface area contributed by atoms with Crippen molar-refractivity contribution in [2.24, 2.45) is 0 Å². The summed E-state index contributed by atoms with van der Waals surface area (Å²) in [6.07, 6.45) is 2.07. The van der Waals surface area contributed by atoms with Crippen LogP contribution in [0.2, 0.25) is 0 Å². The van der Waals surface area contributed by atoms with E-state index >= 15 is 0 Å². The molecular formula is C12H13NS2. The molecule has 1 nitrogen and oxygen atoms in total. The molecule has 1 aliphatic rings. The molecule has 0 fully saturated rings. The van der Waals surface area contributed by atoms with E-state index in [0.717, 1.165) is 11.4 Å². The number of rotatable bonds is 2. The summed E-state index contributed by atoms with van der Waals surface area (Å²) in [5, 5.41) is 1.24. The molecular weight excluding hydrogens is 222 g/mol. The van der Waals surface area contributed by atoms with Crippen molar-refractivity contribution in [1.29, 1.82) is 0 Å². The molecule has 0 saturated heterocycles. The number of allylic oxidation sites excluding steroid dienone is 1. The molecule has 1 aromatic rings. The summed E-state index contributed by atoms with van der Waals surface area (Å²) >= 11 is 6.92. The summed E-state index contributed by atoms with van der Waals surface area (Å²) in [6, 6.07) is 8.47. The first-order valence-electron chi connectivity index (χ1n) is 4.99. The lowest BCUT2D eigenvalue weighted by Crippen LogP contribution is -2.16. The van der Waals surface area contributed by atoms with Crippen LogP contribution >= 0.6 is 24.0 Å². The van der Waals surface area contributed by atoms with E-state index < -0.39 is 0 Å². The van der Waals surface area contributed by atoms with Crippen molar-refractivity contribution in [1.82, 2.24) is 0 Å². The molecule has 0 bridgehead atoms. The van der Waals surface area contributed by atoms with Crippen LogP contribution in [-0.2, 0) is 0 Å². The monoisotopic (exact) mass is 235 g/mol. The number of thiocarbonyl (C=S) groups is 1. The molecule has 1 aliphatic heterocycles. The van der Waals surface area contributed by atoms with Gasteiger partial charge in [0.05, 0.1) is 10.7 Å². The average Bonchev–Trinajstić information content (AvgIpc) is 2.53. The molecule has 0 amide bonds. The van der Waals surface area contributed by atoms with E-state index in [0.29, 0.717) is 0 Å². The van der Waals surface area contributed by atoms with Gasteiger partial charge in [-0.2, -0.15) is 0 Å². The van der Waals surface area contributed by atoms with Gasteiger partial charge < -0.3 is 4.90 Å². The third-order valence-electron chi connectivity index (χ3n) is 2.28. The maximum absolute atomic E-state index is 5.13. The normalized spacial score (nSPS) is 16.9. The first-order chi connectivity index (χ1) is 7.22. The smallest absolute Gasteiger partial charge is 0.0812 e. The highest BCUT2D eigenvalue weighted by Crippen LogP contribution is 2.45. The predicted molar refractivity (Wildman–Crippen MR) is 71.7 cm³/mol. The Bertz CT molecular complexity index is 423. The minimum Gasteiger partial charge on any atom is -0.335 e. The van der Waals surface area contributed by atoms with E-state index in [4.69, 9.17) is 12.2 Å². The summed E-state index contributed by atoms with van der Waals surface area (Å²) in [5.41, 5.74) is 1.30. The highest BCUT2D eigenvalue weighted by Gasteiger charge is 2.22. The van der Waals surface area contributed by atoms with E-state index in [2.05, 4.69) is 42.2 Å². The first-order valence-corrected chi connectivity index (χ1v) is 6.21. The van der Waals surface area contributed by atoms with Crippen LogP contribution in [0.1, 0.15) is 13.8 Å². The Morgan fingerprint density at radius 3 is 2.87 bits per heavy atom. The van der Waals surface area contributed by atoms with Crippen LogP contribution in [0.25, 0.3) is 0 Å². The molecule has 15 heavy (non-hydrogen) atoms. The molecule has 0 radical (unpaired) electrons. The Labute approximate surface area is 100 Å².